The molecule has 1 fully saturated rings. The number of thiocarbonyl (C=S) groups is 1. The summed E-state index contributed by atoms with van der Waals surface area (Å²) in [6.45, 7) is 2.19. The number of benzene rings is 1. The second kappa shape index (κ2) is 7.15. The number of nitrogens with zero attached hydrogens (tertiary/aromatic N) is 1. The Morgan fingerprint density at radius 3 is 2.71 bits per heavy atom. The Kier molecular flexibility index (Phi) is 5.50. The maximum atomic E-state index is 13.7. The molecular formula is C14H17ClFN3OS. The molecule has 4 nitrogen and oxygen atoms in total. The molecule has 0 radical (unpaired) electrons. The lowest BCUT2D eigenvalue weighted by atomic mass is 10.0. The van der Waals surface area contributed by atoms with E-state index >= 15 is 0 Å². The predicted molar refractivity (Wildman–Crippen MR) is 85.1 cm³/mol. The molecular weight excluding hydrogens is 313 g/mol. The molecule has 7 heteroatoms. The fourth-order valence-corrected chi connectivity index (χ4v) is 2.86. The van der Waals surface area contributed by atoms with Gasteiger partial charge in [0.2, 0.25) is 0 Å². The van der Waals surface area contributed by atoms with E-state index in [4.69, 9.17) is 29.6 Å². The molecule has 0 saturated carbocycles. The highest BCUT2D eigenvalue weighted by Gasteiger charge is 2.23. The minimum Gasteiger partial charge on any atom is -0.392 e. The van der Waals surface area contributed by atoms with Crippen LogP contribution in [0.3, 0.4) is 0 Å². The summed E-state index contributed by atoms with van der Waals surface area (Å²) < 4.78 is 13.7. The van der Waals surface area contributed by atoms with Crippen LogP contribution in [0.4, 0.5) is 4.39 Å². The number of likely N-dealkylation sites (tertiary alicyclic amines) is 1. The van der Waals surface area contributed by atoms with Crippen LogP contribution in [0.1, 0.15) is 23.2 Å². The minimum absolute atomic E-state index is 0.00997. The molecule has 21 heavy (non-hydrogen) atoms. The van der Waals surface area contributed by atoms with Crippen LogP contribution >= 0.6 is 23.8 Å². The number of rotatable bonds is 4. The van der Waals surface area contributed by atoms with Crippen molar-refractivity contribution in [2.75, 3.05) is 19.6 Å². The van der Waals surface area contributed by atoms with E-state index in [1.54, 1.807) is 0 Å². The van der Waals surface area contributed by atoms with Crippen LogP contribution in [0.2, 0.25) is 5.02 Å². The van der Waals surface area contributed by atoms with Crippen LogP contribution in [0.25, 0.3) is 0 Å². The molecule has 1 saturated heterocycles. The Morgan fingerprint density at radius 1 is 1.48 bits per heavy atom. The molecule has 0 unspecified atom stereocenters. The van der Waals surface area contributed by atoms with Gasteiger partial charge < -0.3 is 11.1 Å². The molecule has 1 aromatic carbocycles. The average molecular weight is 330 g/mol. The second-order valence-corrected chi connectivity index (χ2v) is 6.02. The van der Waals surface area contributed by atoms with E-state index in [1.165, 1.54) is 18.2 Å². The van der Waals surface area contributed by atoms with Gasteiger partial charge in [-0.15, -0.1) is 0 Å². The van der Waals surface area contributed by atoms with Gasteiger partial charge in [-0.3, -0.25) is 9.69 Å². The highest BCUT2D eigenvalue weighted by molar-refractivity contribution is 7.80. The van der Waals surface area contributed by atoms with Gasteiger partial charge in [0, 0.05) is 25.7 Å². The van der Waals surface area contributed by atoms with E-state index in [1.807, 2.05) is 0 Å². The normalized spacial score (nSPS) is 16.7. The summed E-state index contributed by atoms with van der Waals surface area (Å²) in [7, 11) is 0. The van der Waals surface area contributed by atoms with E-state index < -0.39 is 11.7 Å². The number of nitrogens with one attached hydrogen (secondary N) is 1. The number of hydrogen-bond donors (Lipinski definition) is 2. The van der Waals surface area contributed by atoms with Gasteiger partial charge in [0.05, 0.1) is 15.6 Å². The second-order valence-electron chi connectivity index (χ2n) is 5.09. The summed E-state index contributed by atoms with van der Waals surface area (Å²) in [5.74, 6) is -1.07. The zero-order valence-electron chi connectivity index (χ0n) is 11.4. The molecule has 0 bridgehead atoms. The van der Waals surface area contributed by atoms with Gasteiger partial charge in [-0.25, -0.2) is 4.39 Å². The van der Waals surface area contributed by atoms with E-state index in [0.29, 0.717) is 11.5 Å². The summed E-state index contributed by atoms with van der Waals surface area (Å²) >= 11 is 10.8. The average Bonchev–Trinajstić information content (AvgIpc) is 2.40. The van der Waals surface area contributed by atoms with Gasteiger partial charge in [-0.05, 0) is 25.0 Å². The molecule has 1 amide bonds. The fourth-order valence-electron chi connectivity index (χ4n) is 2.43. The molecule has 1 aromatic rings. The van der Waals surface area contributed by atoms with Crippen molar-refractivity contribution in [1.29, 1.82) is 0 Å². The topological polar surface area (TPSA) is 58.4 Å². The Hall–Kier alpha value is -1.24. The third-order valence-corrected chi connectivity index (χ3v) is 3.94. The first-order valence-electron chi connectivity index (χ1n) is 6.73. The SMILES string of the molecule is NC(=S)CN1CCC(NC(=O)c2c(F)cccc2Cl)CC1. The Labute approximate surface area is 133 Å². The zero-order valence-corrected chi connectivity index (χ0v) is 13.0. The quantitative estimate of drug-likeness (QED) is 0.829. The predicted octanol–water partition coefficient (Wildman–Crippen LogP) is 1.96. The highest BCUT2D eigenvalue weighted by Crippen LogP contribution is 2.19. The molecule has 1 heterocycles. The number of piperidine rings is 1. The smallest absolute Gasteiger partial charge is 0.255 e. The molecule has 0 aromatic heterocycles. The third kappa shape index (κ3) is 4.36. The highest BCUT2D eigenvalue weighted by atomic mass is 35.5. The minimum atomic E-state index is -0.606. The number of hydrogen-bond acceptors (Lipinski definition) is 3. The van der Waals surface area contributed by atoms with Gasteiger partial charge in [-0.1, -0.05) is 29.9 Å². The van der Waals surface area contributed by atoms with Gasteiger partial charge in [0.25, 0.3) is 5.91 Å². The lowest BCUT2D eigenvalue weighted by molar-refractivity contribution is 0.0911. The van der Waals surface area contributed by atoms with E-state index in [9.17, 15) is 9.18 Å². The molecule has 1 aliphatic rings. The van der Waals surface area contributed by atoms with Crippen molar-refractivity contribution in [2.45, 2.75) is 18.9 Å². The Balaban J connectivity index is 1.92. The van der Waals surface area contributed by atoms with Crippen LogP contribution in [-0.2, 0) is 0 Å². The van der Waals surface area contributed by atoms with E-state index in [-0.39, 0.29) is 16.6 Å². The zero-order chi connectivity index (χ0) is 15.4. The van der Waals surface area contributed by atoms with E-state index in [2.05, 4.69) is 10.2 Å². The lowest BCUT2D eigenvalue weighted by Gasteiger charge is -2.32. The fraction of sp³-hybridized carbons (Fsp3) is 0.429. The standard InChI is InChI=1S/C14H17ClFN3OS/c15-10-2-1-3-11(16)13(10)14(20)18-9-4-6-19(7-5-9)8-12(17)21/h1-3,9H,4-8H2,(H2,17,21)(H,18,20). The molecule has 1 aliphatic heterocycles. The van der Waals surface area contributed by atoms with Crippen LogP contribution in [-0.4, -0.2) is 41.5 Å². The van der Waals surface area contributed by atoms with Crippen LogP contribution in [0, 0.1) is 5.82 Å². The van der Waals surface area contributed by atoms with Crippen molar-refractivity contribution >= 4 is 34.7 Å². The number of amides is 1. The van der Waals surface area contributed by atoms with Gasteiger partial charge in [0.1, 0.15) is 5.82 Å². The van der Waals surface area contributed by atoms with Crippen LogP contribution in [0.5, 0.6) is 0 Å². The number of nitrogens with two attached hydrogens (primary N) is 1. The summed E-state index contributed by atoms with van der Waals surface area (Å²) in [4.78, 5) is 14.7. The Morgan fingerprint density at radius 2 is 2.14 bits per heavy atom. The molecule has 3 N–H and O–H groups in total. The Bertz CT molecular complexity index is 527. The van der Waals surface area contributed by atoms with Crippen molar-refractivity contribution in [3.63, 3.8) is 0 Å². The summed E-state index contributed by atoms with van der Waals surface area (Å²) in [5, 5.41) is 2.96. The van der Waals surface area contributed by atoms with Crippen molar-refractivity contribution in [1.82, 2.24) is 10.2 Å². The van der Waals surface area contributed by atoms with Gasteiger partial charge in [-0.2, -0.15) is 0 Å². The number of carbonyl (C=O) groups excluding carboxylic acids is 1. The van der Waals surface area contributed by atoms with Gasteiger partial charge >= 0.3 is 0 Å². The molecule has 0 aliphatic carbocycles. The first-order valence-corrected chi connectivity index (χ1v) is 7.51. The maximum absolute atomic E-state index is 13.7. The first kappa shape index (κ1) is 16.1. The van der Waals surface area contributed by atoms with Crippen LogP contribution < -0.4 is 11.1 Å². The molecule has 2 rings (SSSR count). The van der Waals surface area contributed by atoms with Crippen molar-refractivity contribution in [2.24, 2.45) is 5.73 Å². The largest absolute Gasteiger partial charge is 0.392 e. The monoisotopic (exact) mass is 329 g/mol. The van der Waals surface area contributed by atoms with E-state index in [0.717, 1.165) is 25.9 Å². The number of halogens is 2. The lowest BCUT2D eigenvalue weighted by Crippen LogP contribution is -2.46. The van der Waals surface area contributed by atoms with Crippen molar-refractivity contribution in [3.05, 3.63) is 34.6 Å². The van der Waals surface area contributed by atoms with Crippen molar-refractivity contribution < 1.29 is 9.18 Å². The van der Waals surface area contributed by atoms with Gasteiger partial charge in [0.15, 0.2) is 0 Å². The number of carbonyl (C=O) groups is 1. The molecule has 0 atom stereocenters. The third-order valence-electron chi connectivity index (χ3n) is 3.49. The van der Waals surface area contributed by atoms with Crippen LogP contribution in [0.15, 0.2) is 18.2 Å². The molecule has 114 valence electrons. The van der Waals surface area contributed by atoms with Crippen molar-refractivity contribution in [3.8, 4) is 0 Å². The summed E-state index contributed by atoms with van der Waals surface area (Å²) in [5.41, 5.74) is 5.42. The summed E-state index contributed by atoms with van der Waals surface area (Å²) in [6, 6.07) is 4.22. The molecule has 0 spiro atoms. The maximum Gasteiger partial charge on any atom is 0.255 e. The summed E-state index contributed by atoms with van der Waals surface area (Å²) in [6.07, 6.45) is 1.56. The first-order chi connectivity index (χ1) is 9.97.